The van der Waals surface area contributed by atoms with Crippen molar-refractivity contribution in [1.29, 1.82) is 0 Å². The van der Waals surface area contributed by atoms with Crippen molar-refractivity contribution in [3.05, 3.63) is 93.9 Å². The van der Waals surface area contributed by atoms with E-state index in [2.05, 4.69) is 15.3 Å². The molecule has 5 rings (SSSR count). The molecule has 1 saturated heterocycles. The number of piperidine rings is 1. The molecule has 2 aromatic carbocycles. The predicted molar refractivity (Wildman–Crippen MR) is 139 cm³/mol. The number of pyridine rings is 1. The van der Waals surface area contributed by atoms with Crippen molar-refractivity contribution in [2.45, 2.75) is 33.2 Å². The fraction of sp³-hybridized carbons (Fsp3) is 0.286. The van der Waals surface area contributed by atoms with Crippen LogP contribution in [0.4, 0.5) is 11.5 Å². The molecular formula is C28H29N5O2. The summed E-state index contributed by atoms with van der Waals surface area (Å²) in [7, 11) is 0. The first-order chi connectivity index (χ1) is 17.0. The molecule has 1 fully saturated rings. The van der Waals surface area contributed by atoms with Gasteiger partial charge in [0.2, 0.25) is 5.91 Å². The fourth-order valence-corrected chi connectivity index (χ4v) is 4.64. The third kappa shape index (κ3) is 4.80. The van der Waals surface area contributed by atoms with Gasteiger partial charge in [-0.3, -0.25) is 14.2 Å². The van der Waals surface area contributed by atoms with Crippen molar-refractivity contribution in [2.75, 3.05) is 23.3 Å². The number of nitrogens with zero attached hydrogens (tertiary/aromatic N) is 4. The summed E-state index contributed by atoms with van der Waals surface area (Å²) in [5, 5.41) is 3.10. The molecule has 178 valence electrons. The van der Waals surface area contributed by atoms with Crippen LogP contribution in [0.2, 0.25) is 0 Å². The highest BCUT2D eigenvalue weighted by molar-refractivity contribution is 5.93. The van der Waals surface area contributed by atoms with Gasteiger partial charge in [0.1, 0.15) is 5.52 Å². The molecule has 1 N–H and O–H groups in total. The van der Waals surface area contributed by atoms with Gasteiger partial charge in [-0.2, -0.15) is 0 Å². The maximum Gasteiger partial charge on any atom is 0.295 e. The minimum atomic E-state index is -0.154. The minimum absolute atomic E-state index is 0.0375. The zero-order valence-electron chi connectivity index (χ0n) is 20.1. The Labute approximate surface area is 204 Å². The van der Waals surface area contributed by atoms with Crippen LogP contribution >= 0.6 is 0 Å². The molecular weight excluding hydrogens is 438 g/mol. The molecule has 1 aliphatic rings. The third-order valence-electron chi connectivity index (χ3n) is 6.68. The highest BCUT2D eigenvalue weighted by Crippen LogP contribution is 2.24. The van der Waals surface area contributed by atoms with Gasteiger partial charge in [0.15, 0.2) is 11.5 Å². The predicted octanol–water partition coefficient (Wildman–Crippen LogP) is 4.31. The summed E-state index contributed by atoms with van der Waals surface area (Å²) in [6, 6.07) is 19.7. The number of anilines is 2. The molecule has 0 atom stereocenters. The van der Waals surface area contributed by atoms with E-state index in [-0.39, 0.29) is 17.4 Å². The van der Waals surface area contributed by atoms with Crippen molar-refractivity contribution in [2.24, 2.45) is 5.92 Å². The van der Waals surface area contributed by atoms with E-state index in [1.54, 1.807) is 10.8 Å². The normalized spacial score (nSPS) is 14.3. The lowest BCUT2D eigenvalue weighted by molar-refractivity contribution is -0.120. The van der Waals surface area contributed by atoms with Crippen LogP contribution in [-0.2, 0) is 11.3 Å². The standard InChI is InChI=1S/C28H29N5O2/c1-19-10-11-20(2)24(17-19)31-27(34)22-12-15-32(16-13-22)26-28(35)33(18-21-7-4-3-5-8-21)25-23(30-26)9-6-14-29-25/h3-11,14,17,22H,12-13,15-16,18H2,1-2H3,(H,31,34). The van der Waals surface area contributed by atoms with Gasteiger partial charge in [-0.15, -0.1) is 0 Å². The Kier molecular flexibility index (Phi) is 6.31. The van der Waals surface area contributed by atoms with E-state index in [1.807, 2.05) is 79.4 Å². The van der Waals surface area contributed by atoms with Crippen molar-refractivity contribution in [1.82, 2.24) is 14.5 Å². The lowest BCUT2D eigenvalue weighted by Gasteiger charge is -2.32. The van der Waals surface area contributed by atoms with Crippen molar-refractivity contribution in [3.63, 3.8) is 0 Å². The summed E-state index contributed by atoms with van der Waals surface area (Å²) in [6.07, 6.45) is 3.02. The van der Waals surface area contributed by atoms with Crippen LogP contribution in [0.15, 0.2) is 71.7 Å². The van der Waals surface area contributed by atoms with Gasteiger partial charge < -0.3 is 10.2 Å². The fourth-order valence-electron chi connectivity index (χ4n) is 4.64. The maximum atomic E-state index is 13.6. The van der Waals surface area contributed by atoms with E-state index in [4.69, 9.17) is 0 Å². The first kappa shape index (κ1) is 22.8. The summed E-state index contributed by atoms with van der Waals surface area (Å²) in [4.78, 5) is 37.6. The number of aryl methyl sites for hydroxylation is 2. The largest absolute Gasteiger partial charge is 0.352 e. The highest BCUT2D eigenvalue weighted by Gasteiger charge is 2.28. The van der Waals surface area contributed by atoms with E-state index in [0.29, 0.717) is 49.5 Å². The number of hydrogen-bond acceptors (Lipinski definition) is 5. The van der Waals surface area contributed by atoms with Crippen LogP contribution in [0.25, 0.3) is 11.2 Å². The third-order valence-corrected chi connectivity index (χ3v) is 6.68. The molecule has 7 heteroatoms. The molecule has 35 heavy (non-hydrogen) atoms. The summed E-state index contributed by atoms with van der Waals surface area (Å²) < 4.78 is 1.70. The SMILES string of the molecule is Cc1ccc(C)c(NC(=O)C2CCN(c3nc4cccnc4n(Cc4ccccc4)c3=O)CC2)c1. The molecule has 0 saturated carbocycles. The number of carbonyl (C=O) groups is 1. The van der Waals surface area contributed by atoms with Gasteiger partial charge in [-0.25, -0.2) is 9.97 Å². The molecule has 3 heterocycles. The number of aromatic nitrogens is 3. The van der Waals surface area contributed by atoms with Gasteiger partial charge in [-0.1, -0.05) is 42.5 Å². The zero-order valence-corrected chi connectivity index (χ0v) is 20.1. The Morgan fingerprint density at radius 2 is 1.80 bits per heavy atom. The van der Waals surface area contributed by atoms with Crippen LogP contribution < -0.4 is 15.8 Å². The molecule has 0 radical (unpaired) electrons. The van der Waals surface area contributed by atoms with E-state index in [1.165, 1.54) is 0 Å². The van der Waals surface area contributed by atoms with Gasteiger partial charge in [0.05, 0.1) is 6.54 Å². The second-order valence-corrected chi connectivity index (χ2v) is 9.23. The number of amides is 1. The van der Waals surface area contributed by atoms with Crippen LogP contribution in [0.1, 0.15) is 29.5 Å². The smallest absolute Gasteiger partial charge is 0.295 e. The Bertz CT molecular complexity index is 1420. The van der Waals surface area contributed by atoms with Crippen LogP contribution in [0.5, 0.6) is 0 Å². The second kappa shape index (κ2) is 9.70. The topological polar surface area (TPSA) is 80.1 Å². The number of fused-ring (bicyclic) bond motifs is 1. The lowest BCUT2D eigenvalue weighted by atomic mass is 9.95. The molecule has 1 amide bonds. The lowest BCUT2D eigenvalue weighted by Crippen LogP contribution is -2.42. The van der Waals surface area contributed by atoms with Crippen molar-refractivity contribution < 1.29 is 4.79 Å². The summed E-state index contributed by atoms with van der Waals surface area (Å²) in [5.74, 6) is 0.366. The molecule has 2 aromatic heterocycles. The minimum Gasteiger partial charge on any atom is -0.352 e. The Morgan fingerprint density at radius 1 is 1.03 bits per heavy atom. The monoisotopic (exact) mass is 467 g/mol. The number of benzene rings is 2. The molecule has 4 aromatic rings. The van der Waals surface area contributed by atoms with Gasteiger partial charge in [0, 0.05) is 30.9 Å². The Morgan fingerprint density at radius 3 is 2.57 bits per heavy atom. The van der Waals surface area contributed by atoms with Crippen LogP contribution in [0.3, 0.4) is 0 Å². The number of rotatable bonds is 5. The zero-order chi connectivity index (χ0) is 24.4. The first-order valence-electron chi connectivity index (χ1n) is 12.0. The van der Waals surface area contributed by atoms with Gasteiger partial charge in [0.25, 0.3) is 5.56 Å². The average Bonchev–Trinajstić information content (AvgIpc) is 2.88. The molecule has 7 nitrogen and oxygen atoms in total. The van der Waals surface area contributed by atoms with Crippen molar-refractivity contribution >= 4 is 28.6 Å². The van der Waals surface area contributed by atoms with Gasteiger partial charge in [-0.05, 0) is 61.6 Å². The summed E-state index contributed by atoms with van der Waals surface area (Å²) in [6.45, 7) is 5.65. The summed E-state index contributed by atoms with van der Waals surface area (Å²) >= 11 is 0. The quantitative estimate of drug-likeness (QED) is 0.473. The van der Waals surface area contributed by atoms with Crippen molar-refractivity contribution in [3.8, 4) is 0 Å². The molecule has 0 bridgehead atoms. The number of nitrogens with one attached hydrogen (secondary N) is 1. The molecule has 1 aliphatic heterocycles. The van der Waals surface area contributed by atoms with Gasteiger partial charge >= 0.3 is 0 Å². The number of hydrogen-bond donors (Lipinski definition) is 1. The average molecular weight is 468 g/mol. The molecule has 0 unspecified atom stereocenters. The molecule has 0 aliphatic carbocycles. The Hall–Kier alpha value is -4.00. The Balaban J connectivity index is 1.36. The van der Waals surface area contributed by atoms with E-state index in [0.717, 1.165) is 22.4 Å². The van der Waals surface area contributed by atoms with E-state index in [9.17, 15) is 9.59 Å². The van der Waals surface area contributed by atoms with Crippen LogP contribution in [-0.4, -0.2) is 33.5 Å². The van der Waals surface area contributed by atoms with Crippen LogP contribution in [0, 0.1) is 19.8 Å². The summed E-state index contributed by atoms with van der Waals surface area (Å²) in [5.41, 5.74) is 5.17. The van der Waals surface area contributed by atoms with E-state index < -0.39 is 0 Å². The maximum absolute atomic E-state index is 13.6. The molecule has 0 spiro atoms. The number of carbonyl (C=O) groups excluding carboxylic acids is 1. The first-order valence-corrected chi connectivity index (χ1v) is 12.0. The second-order valence-electron chi connectivity index (χ2n) is 9.23. The van der Waals surface area contributed by atoms with E-state index >= 15 is 0 Å². The highest BCUT2D eigenvalue weighted by atomic mass is 16.2.